The van der Waals surface area contributed by atoms with Crippen LogP contribution in [-0.2, 0) is 14.3 Å². The third-order valence-corrected chi connectivity index (χ3v) is 4.98. The van der Waals surface area contributed by atoms with Crippen molar-refractivity contribution in [2.75, 3.05) is 7.11 Å². The lowest BCUT2D eigenvalue weighted by Crippen LogP contribution is -2.39. The Kier molecular flexibility index (Phi) is 3.80. The molecule has 0 saturated carbocycles. The first-order valence-corrected chi connectivity index (χ1v) is 7.75. The molecule has 2 heterocycles. The molecule has 0 unspecified atom stereocenters. The molecule has 0 spiro atoms. The first kappa shape index (κ1) is 13.4. The van der Waals surface area contributed by atoms with Crippen molar-refractivity contribution in [3.8, 4) is 0 Å². The van der Waals surface area contributed by atoms with Gasteiger partial charge in [-0.15, -0.1) is 0 Å². The summed E-state index contributed by atoms with van der Waals surface area (Å²) >= 11 is 2.30. The van der Waals surface area contributed by atoms with Crippen LogP contribution in [0.1, 0.15) is 30.7 Å². The monoisotopic (exact) mass is 372 g/mol. The van der Waals surface area contributed by atoms with Gasteiger partial charge in [0.05, 0.1) is 25.2 Å². The largest absolute Gasteiger partial charge is 0.469 e. The molecule has 4 atom stereocenters. The zero-order chi connectivity index (χ0) is 13.4. The number of ether oxygens (including phenoxy) is 2. The Balaban J connectivity index is 1.92. The maximum absolute atomic E-state index is 12.1. The van der Waals surface area contributed by atoms with Gasteiger partial charge in [-0.1, -0.05) is 12.1 Å². The number of methoxy groups -OCH3 is 1. The maximum atomic E-state index is 12.1. The molecular weight excluding hydrogens is 355 g/mol. The highest BCUT2D eigenvalue weighted by Gasteiger charge is 2.47. The fourth-order valence-corrected chi connectivity index (χ4v) is 3.73. The van der Waals surface area contributed by atoms with E-state index in [-0.39, 0.29) is 23.9 Å². The lowest BCUT2D eigenvalue weighted by atomic mass is 9.79. The summed E-state index contributed by atoms with van der Waals surface area (Å²) in [7, 11) is 1.47. The van der Waals surface area contributed by atoms with E-state index < -0.39 is 0 Å². The molecule has 2 aliphatic heterocycles. The molecular formula is C15H17IO3. The van der Waals surface area contributed by atoms with E-state index in [1.807, 2.05) is 0 Å². The van der Waals surface area contributed by atoms with Crippen LogP contribution in [0.2, 0.25) is 0 Å². The zero-order valence-corrected chi connectivity index (χ0v) is 13.0. The first-order chi connectivity index (χ1) is 9.19. The summed E-state index contributed by atoms with van der Waals surface area (Å²) < 4.78 is 12.1. The predicted octanol–water partition coefficient (Wildman–Crippen LogP) is 3.12. The van der Waals surface area contributed by atoms with Gasteiger partial charge < -0.3 is 9.47 Å². The van der Waals surface area contributed by atoms with E-state index in [2.05, 4.69) is 46.9 Å². The van der Waals surface area contributed by atoms with Crippen molar-refractivity contribution in [3.05, 3.63) is 33.4 Å². The number of esters is 1. The number of fused-ring (bicyclic) bond motifs is 2. The van der Waals surface area contributed by atoms with Crippen molar-refractivity contribution in [2.45, 2.75) is 37.4 Å². The molecule has 2 aliphatic rings. The molecule has 1 aromatic rings. The maximum Gasteiger partial charge on any atom is 0.311 e. The van der Waals surface area contributed by atoms with Crippen LogP contribution in [-0.4, -0.2) is 25.3 Å². The average Bonchev–Trinajstić information content (AvgIpc) is 2.80. The Labute approximate surface area is 126 Å². The second kappa shape index (κ2) is 5.40. The summed E-state index contributed by atoms with van der Waals surface area (Å²) in [6, 6.07) is 8.46. The quantitative estimate of drug-likeness (QED) is 0.591. The number of carbonyl (C=O) groups excluding carboxylic acids is 1. The van der Waals surface area contributed by atoms with Gasteiger partial charge in [0, 0.05) is 9.49 Å². The van der Waals surface area contributed by atoms with E-state index in [0.717, 1.165) is 19.3 Å². The SMILES string of the molecule is COC(=O)[C@@H]1[C@H]2CC[C@@H](C[C@H]1c1ccc(I)cc1)O2. The van der Waals surface area contributed by atoms with Crippen LogP contribution in [0.3, 0.4) is 0 Å². The third-order valence-electron chi connectivity index (χ3n) is 4.26. The predicted molar refractivity (Wildman–Crippen MR) is 79.9 cm³/mol. The van der Waals surface area contributed by atoms with Crippen molar-refractivity contribution in [3.63, 3.8) is 0 Å². The van der Waals surface area contributed by atoms with Gasteiger partial charge in [-0.2, -0.15) is 0 Å². The Morgan fingerprint density at radius 2 is 2.05 bits per heavy atom. The molecule has 0 N–H and O–H groups in total. The fourth-order valence-electron chi connectivity index (χ4n) is 3.37. The fraction of sp³-hybridized carbons (Fsp3) is 0.533. The summed E-state index contributed by atoms with van der Waals surface area (Å²) in [5.74, 6) is -0.0478. The van der Waals surface area contributed by atoms with Gasteiger partial charge in [0.25, 0.3) is 0 Å². The summed E-state index contributed by atoms with van der Waals surface area (Å²) in [5, 5.41) is 0. The summed E-state index contributed by atoms with van der Waals surface area (Å²) in [6.45, 7) is 0. The number of halogens is 1. The Morgan fingerprint density at radius 1 is 1.32 bits per heavy atom. The van der Waals surface area contributed by atoms with E-state index in [4.69, 9.17) is 9.47 Å². The smallest absolute Gasteiger partial charge is 0.311 e. The van der Waals surface area contributed by atoms with Gasteiger partial charge >= 0.3 is 5.97 Å². The number of carbonyl (C=O) groups is 1. The molecule has 0 aliphatic carbocycles. The normalized spacial score (nSPS) is 33.2. The van der Waals surface area contributed by atoms with Gasteiger partial charge in [-0.3, -0.25) is 4.79 Å². The average molecular weight is 372 g/mol. The van der Waals surface area contributed by atoms with Crippen molar-refractivity contribution < 1.29 is 14.3 Å². The van der Waals surface area contributed by atoms with E-state index in [1.54, 1.807) is 0 Å². The Hall–Kier alpha value is -0.620. The van der Waals surface area contributed by atoms with Gasteiger partial charge in [0.1, 0.15) is 0 Å². The Bertz CT molecular complexity index is 471. The van der Waals surface area contributed by atoms with Gasteiger partial charge in [0.15, 0.2) is 0 Å². The molecule has 0 aromatic heterocycles. The molecule has 102 valence electrons. The topological polar surface area (TPSA) is 35.5 Å². The molecule has 3 nitrogen and oxygen atoms in total. The molecule has 19 heavy (non-hydrogen) atoms. The second-order valence-electron chi connectivity index (χ2n) is 5.32. The molecule has 0 amide bonds. The van der Waals surface area contributed by atoms with E-state index in [9.17, 15) is 4.79 Å². The summed E-state index contributed by atoms with van der Waals surface area (Å²) in [5.41, 5.74) is 1.23. The molecule has 0 radical (unpaired) electrons. The van der Waals surface area contributed by atoms with Crippen molar-refractivity contribution >= 4 is 28.6 Å². The summed E-state index contributed by atoms with van der Waals surface area (Å²) in [4.78, 5) is 12.1. The van der Waals surface area contributed by atoms with Crippen LogP contribution >= 0.6 is 22.6 Å². The van der Waals surface area contributed by atoms with E-state index in [1.165, 1.54) is 16.2 Å². The molecule has 3 rings (SSSR count). The van der Waals surface area contributed by atoms with Gasteiger partial charge in [-0.05, 0) is 59.5 Å². The third kappa shape index (κ3) is 2.52. The number of hydrogen-bond acceptors (Lipinski definition) is 3. The molecule has 2 saturated heterocycles. The highest BCUT2D eigenvalue weighted by Crippen LogP contribution is 2.45. The molecule has 2 bridgehead atoms. The number of benzene rings is 1. The van der Waals surface area contributed by atoms with E-state index in [0.29, 0.717) is 6.10 Å². The minimum atomic E-state index is -0.149. The van der Waals surface area contributed by atoms with Crippen LogP contribution in [0.4, 0.5) is 0 Å². The Morgan fingerprint density at radius 3 is 2.74 bits per heavy atom. The van der Waals surface area contributed by atoms with Crippen molar-refractivity contribution in [1.82, 2.24) is 0 Å². The van der Waals surface area contributed by atoms with Crippen LogP contribution in [0.5, 0.6) is 0 Å². The van der Waals surface area contributed by atoms with Crippen LogP contribution in [0.15, 0.2) is 24.3 Å². The van der Waals surface area contributed by atoms with Gasteiger partial charge in [-0.25, -0.2) is 0 Å². The summed E-state index contributed by atoms with van der Waals surface area (Å²) in [6.07, 6.45) is 3.33. The van der Waals surface area contributed by atoms with Crippen LogP contribution < -0.4 is 0 Å². The van der Waals surface area contributed by atoms with Crippen molar-refractivity contribution in [1.29, 1.82) is 0 Å². The van der Waals surface area contributed by atoms with Gasteiger partial charge in [0.2, 0.25) is 0 Å². The number of hydrogen-bond donors (Lipinski definition) is 0. The lowest BCUT2D eigenvalue weighted by molar-refractivity contribution is -0.156. The second-order valence-corrected chi connectivity index (χ2v) is 6.56. The van der Waals surface area contributed by atoms with Crippen LogP contribution in [0, 0.1) is 9.49 Å². The minimum absolute atomic E-state index is 0.0375. The molecule has 1 aromatic carbocycles. The molecule has 2 fully saturated rings. The van der Waals surface area contributed by atoms with E-state index >= 15 is 0 Å². The zero-order valence-electron chi connectivity index (χ0n) is 10.8. The minimum Gasteiger partial charge on any atom is -0.469 e. The van der Waals surface area contributed by atoms with Crippen molar-refractivity contribution in [2.24, 2.45) is 5.92 Å². The number of rotatable bonds is 2. The highest BCUT2D eigenvalue weighted by molar-refractivity contribution is 14.1. The van der Waals surface area contributed by atoms with Crippen LogP contribution in [0.25, 0.3) is 0 Å². The molecule has 4 heteroatoms. The standard InChI is InChI=1S/C15H17IO3/c1-18-15(17)14-12(8-11-6-7-13(14)19-11)9-2-4-10(16)5-3-9/h2-5,11-14H,6-8H2,1H3/t11-,12-,13+,14-/m0/s1. The highest BCUT2D eigenvalue weighted by atomic mass is 127. The first-order valence-electron chi connectivity index (χ1n) is 6.68. The lowest BCUT2D eigenvalue weighted by Gasteiger charge is -2.35.